The Kier molecular flexibility index (Phi) is 3.44. The minimum atomic E-state index is -0.335. The highest BCUT2D eigenvalue weighted by molar-refractivity contribution is 5.90. The van der Waals surface area contributed by atoms with Gasteiger partial charge in [-0.25, -0.2) is 0 Å². The number of nitrogens with one attached hydrogen (secondary N) is 1. The number of carbonyl (C=O) groups excluding carboxylic acids is 2. The van der Waals surface area contributed by atoms with E-state index in [9.17, 15) is 9.59 Å². The number of carbonyl (C=O) groups is 2. The zero-order valence-corrected chi connectivity index (χ0v) is 12.1. The summed E-state index contributed by atoms with van der Waals surface area (Å²) in [6, 6.07) is -0.246. The number of hydrogen-bond donors (Lipinski definition) is 1. The standard InChI is InChI=1S/C15H22N2O3/c1-3-4-7-17-11-6-5-9(15(17)19)10-8-12(20-2)13(11)14(18)16-10/h8-11,13H,3-7H2,1-2H3,(H,16,18)/t9-,10-,11+,13-/m0/s1. The lowest BCUT2D eigenvalue weighted by Crippen LogP contribution is -2.64. The smallest absolute Gasteiger partial charge is 0.233 e. The number of piperidine rings is 1. The lowest BCUT2D eigenvalue weighted by Gasteiger charge is -2.49. The first-order valence-corrected chi connectivity index (χ1v) is 7.54. The highest BCUT2D eigenvalue weighted by Crippen LogP contribution is 2.39. The Hall–Kier alpha value is -1.52. The van der Waals surface area contributed by atoms with E-state index in [1.54, 1.807) is 7.11 Å². The Morgan fingerprint density at radius 2 is 2.20 bits per heavy atom. The molecule has 4 bridgehead atoms. The van der Waals surface area contributed by atoms with Crippen LogP contribution in [0.5, 0.6) is 0 Å². The van der Waals surface area contributed by atoms with Crippen LogP contribution in [0.2, 0.25) is 0 Å². The third-order valence-electron chi connectivity index (χ3n) is 4.82. The van der Waals surface area contributed by atoms with E-state index in [0.29, 0.717) is 0 Å². The van der Waals surface area contributed by atoms with E-state index in [-0.39, 0.29) is 35.7 Å². The van der Waals surface area contributed by atoms with Crippen LogP contribution in [0, 0.1) is 11.8 Å². The second kappa shape index (κ2) is 5.11. The Morgan fingerprint density at radius 1 is 1.40 bits per heavy atom. The second-order valence-corrected chi connectivity index (χ2v) is 5.92. The molecular formula is C15H22N2O3. The maximum absolute atomic E-state index is 12.7. The topological polar surface area (TPSA) is 58.6 Å². The van der Waals surface area contributed by atoms with Gasteiger partial charge in [0.2, 0.25) is 11.8 Å². The molecule has 0 spiro atoms. The van der Waals surface area contributed by atoms with Gasteiger partial charge in [-0.1, -0.05) is 13.3 Å². The van der Waals surface area contributed by atoms with E-state index in [1.807, 2.05) is 11.0 Å². The van der Waals surface area contributed by atoms with Crippen LogP contribution in [-0.4, -0.2) is 42.5 Å². The van der Waals surface area contributed by atoms with Gasteiger partial charge in [0.1, 0.15) is 11.7 Å². The normalized spacial score (nSPS) is 35.5. The molecule has 4 atom stereocenters. The Labute approximate surface area is 119 Å². The highest BCUT2D eigenvalue weighted by Gasteiger charge is 2.51. The van der Waals surface area contributed by atoms with Crippen LogP contribution < -0.4 is 5.32 Å². The molecule has 1 N–H and O–H groups in total. The molecule has 0 radical (unpaired) electrons. The van der Waals surface area contributed by atoms with Gasteiger partial charge in [-0.3, -0.25) is 9.59 Å². The molecule has 6 aliphatic rings. The van der Waals surface area contributed by atoms with Crippen molar-refractivity contribution in [2.24, 2.45) is 11.8 Å². The SMILES string of the molecule is CCCCN1C(=O)[C@H]2CC[C@@H]1[C@@H]1C(=O)N[C@H]2C=C1OC. The fourth-order valence-electron chi connectivity index (χ4n) is 3.77. The molecule has 3 saturated heterocycles. The molecule has 0 saturated carbocycles. The quantitative estimate of drug-likeness (QED) is 0.836. The molecule has 5 heteroatoms. The van der Waals surface area contributed by atoms with Crippen molar-refractivity contribution in [3.05, 3.63) is 11.8 Å². The van der Waals surface area contributed by atoms with Gasteiger partial charge in [0.25, 0.3) is 0 Å². The van der Waals surface area contributed by atoms with Crippen LogP contribution >= 0.6 is 0 Å². The molecule has 0 unspecified atom stereocenters. The number of methoxy groups -OCH3 is 1. The summed E-state index contributed by atoms with van der Waals surface area (Å²) < 4.78 is 5.43. The van der Waals surface area contributed by atoms with Crippen LogP contribution in [0.25, 0.3) is 0 Å². The van der Waals surface area contributed by atoms with E-state index in [2.05, 4.69) is 12.2 Å². The molecule has 2 amide bonds. The predicted octanol–water partition coefficient (Wildman–Crippen LogP) is 1.05. The predicted molar refractivity (Wildman–Crippen MR) is 73.6 cm³/mol. The minimum absolute atomic E-state index is 0.0121. The van der Waals surface area contributed by atoms with Crippen molar-refractivity contribution in [3.63, 3.8) is 0 Å². The Bertz CT molecular complexity index is 460. The zero-order chi connectivity index (χ0) is 14.3. The van der Waals surface area contributed by atoms with Crippen LogP contribution in [0.3, 0.4) is 0 Å². The maximum atomic E-state index is 12.7. The fourth-order valence-corrected chi connectivity index (χ4v) is 3.77. The highest BCUT2D eigenvalue weighted by atomic mass is 16.5. The summed E-state index contributed by atoms with van der Waals surface area (Å²) in [5.41, 5.74) is 0. The van der Waals surface area contributed by atoms with Gasteiger partial charge in [0, 0.05) is 6.54 Å². The summed E-state index contributed by atoms with van der Waals surface area (Å²) in [4.78, 5) is 27.0. The molecule has 6 rings (SSSR count). The largest absolute Gasteiger partial charge is 0.500 e. The third-order valence-corrected chi connectivity index (χ3v) is 4.82. The minimum Gasteiger partial charge on any atom is -0.500 e. The van der Waals surface area contributed by atoms with Gasteiger partial charge < -0.3 is 15.0 Å². The molecule has 20 heavy (non-hydrogen) atoms. The lowest BCUT2D eigenvalue weighted by molar-refractivity contribution is -0.151. The monoisotopic (exact) mass is 278 g/mol. The Morgan fingerprint density at radius 3 is 2.90 bits per heavy atom. The number of ether oxygens (including phenoxy) is 1. The molecule has 5 heterocycles. The zero-order valence-electron chi connectivity index (χ0n) is 12.1. The average molecular weight is 278 g/mol. The van der Waals surface area contributed by atoms with Crippen molar-refractivity contribution in [2.45, 2.75) is 44.7 Å². The van der Waals surface area contributed by atoms with Gasteiger partial charge in [-0.05, 0) is 25.3 Å². The average Bonchev–Trinajstić information content (AvgIpc) is 2.42. The number of amides is 2. The fraction of sp³-hybridized carbons (Fsp3) is 0.733. The molecule has 0 aromatic carbocycles. The van der Waals surface area contributed by atoms with Crippen molar-refractivity contribution in [1.29, 1.82) is 0 Å². The molecule has 3 fully saturated rings. The van der Waals surface area contributed by atoms with Gasteiger partial charge in [0.05, 0.1) is 25.1 Å². The summed E-state index contributed by atoms with van der Waals surface area (Å²) in [6.45, 7) is 2.87. The summed E-state index contributed by atoms with van der Waals surface area (Å²) in [5.74, 6) is 0.494. The van der Waals surface area contributed by atoms with E-state index >= 15 is 0 Å². The third kappa shape index (κ3) is 1.91. The van der Waals surface area contributed by atoms with Gasteiger partial charge in [0.15, 0.2) is 0 Å². The number of rotatable bonds is 4. The van der Waals surface area contributed by atoms with E-state index in [4.69, 9.17) is 4.74 Å². The van der Waals surface area contributed by atoms with E-state index in [0.717, 1.165) is 38.0 Å². The van der Waals surface area contributed by atoms with Crippen LogP contribution in [-0.2, 0) is 14.3 Å². The maximum Gasteiger partial charge on any atom is 0.233 e. The van der Waals surface area contributed by atoms with Crippen LogP contribution in [0.15, 0.2) is 11.8 Å². The molecule has 5 nitrogen and oxygen atoms in total. The second-order valence-electron chi connectivity index (χ2n) is 5.92. The first-order valence-electron chi connectivity index (χ1n) is 7.54. The summed E-state index contributed by atoms with van der Waals surface area (Å²) in [6.07, 6.45) is 5.74. The first-order chi connectivity index (χ1) is 9.67. The van der Waals surface area contributed by atoms with E-state index in [1.165, 1.54) is 0 Å². The molecule has 1 aliphatic carbocycles. The van der Waals surface area contributed by atoms with Gasteiger partial charge >= 0.3 is 0 Å². The molecule has 0 aromatic rings. The van der Waals surface area contributed by atoms with Crippen LogP contribution in [0.1, 0.15) is 32.6 Å². The van der Waals surface area contributed by atoms with Crippen molar-refractivity contribution < 1.29 is 14.3 Å². The molecule has 0 aromatic heterocycles. The summed E-state index contributed by atoms with van der Waals surface area (Å²) in [5, 5.41) is 2.98. The van der Waals surface area contributed by atoms with Gasteiger partial charge in [-0.2, -0.15) is 0 Å². The van der Waals surface area contributed by atoms with E-state index < -0.39 is 0 Å². The molecule has 5 aliphatic heterocycles. The van der Waals surface area contributed by atoms with Crippen molar-refractivity contribution in [2.75, 3.05) is 13.7 Å². The number of hydrogen-bond acceptors (Lipinski definition) is 3. The van der Waals surface area contributed by atoms with Crippen molar-refractivity contribution in [3.8, 4) is 0 Å². The molecule has 110 valence electrons. The van der Waals surface area contributed by atoms with Crippen molar-refractivity contribution >= 4 is 11.8 Å². The van der Waals surface area contributed by atoms with Gasteiger partial charge in [-0.15, -0.1) is 0 Å². The van der Waals surface area contributed by atoms with Crippen molar-refractivity contribution in [1.82, 2.24) is 10.2 Å². The number of unbranched alkanes of at least 4 members (excludes halogenated alkanes) is 1. The Balaban J connectivity index is 1.99. The first kappa shape index (κ1) is 13.5. The number of nitrogens with zero attached hydrogens (tertiary/aromatic N) is 1. The summed E-state index contributed by atoms with van der Waals surface area (Å²) in [7, 11) is 1.61. The molecular weight excluding hydrogens is 256 g/mol. The van der Waals surface area contributed by atoms with Crippen LogP contribution in [0.4, 0.5) is 0 Å². The summed E-state index contributed by atoms with van der Waals surface area (Å²) >= 11 is 0. The lowest BCUT2D eigenvalue weighted by atomic mass is 9.74.